The number of quaternary nitrogens is 1. The number of nitrogens with one attached hydrogen (secondary N) is 3. The predicted octanol–water partition coefficient (Wildman–Crippen LogP) is 2.74. The molecule has 0 saturated heterocycles. The highest BCUT2D eigenvalue weighted by Gasteiger charge is 2.14. The lowest BCUT2D eigenvalue weighted by Crippen LogP contribution is -3.08. The van der Waals surface area contributed by atoms with Gasteiger partial charge in [0.2, 0.25) is 0 Å². The average Bonchev–Trinajstić information content (AvgIpc) is 2.76. The molecule has 0 aliphatic heterocycles. The van der Waals surface area contributed by atoms with Gasteiger partial charge in [0, 0.05) is 16.8 Å². The molecule has 0 fully saturated rings. The number of para-hydroxylation sites is 2. The van der Waals surface area contributed by atoms with Gasteiger partial charge < -0.3 is 20.3 Å². The lowest BCUT2D eigenvalue weighted by Gasteiger charge is -2.14. The molecule has 3 aromatic rings. The average molecular weight is 422 g/mol. The van der Waals surface area contributed by atoms with Crippen LogP contribution in [-0.4, -0.2) is 32.5 Å². The summed E-state index contributed by atoms with van der Waals surface area (Å²) in [5.74, 6) is -0.178. The zero-order valence-electron chi connectivity index (χ0n) is 17.4. The van der Waals surface area contributed by atoms with Crippen LogP contribution in [0.25, 0.3) is 0 Å². The summed E-state index contributed by atoms with van der Waals surface area (Å²) in [6.07, 6.45) is 0. The maximum absolute atomic E-state index is 13.8. The van der Waals surface area contributed by atoms with Crippen LogP contribution < -0.4 is 20.3 Å². The monoisotopic (exact) mass is 422 g/mol. The van der Waals surface area contributed by atoms with E-state index in [0.29, 0.717) is 34.8 Å². The Hall–Kier alpha value is -3.71. The van der Waals surface area contributed by atoms with Crippen molar-refractivity contribution in [2.75, 3.05) is 31.3 Å². The number of rotatable bonds is 8. The quantitative estimate of drug-likeness (QED) is 0.523. The van der Waals surface area contributed by atoms with Crippen LogP contribution in [0.2, 0.25) is 0 Å². The zero-order valence-corrected chi connectivity index (χ0v) is 17.4. The van der Waals surface area contributed by atoms with Gasteiger partial charge >= 0.3 is 0 Å². The molecule has 0 radical (unpaired) electrons. The van der Waals surface area contributed by atoms with Gasteiger partial charge in [-0.2, -0.15) is 0 Å². The smallest absolute Gasteiger partial charge is 0.279 e. The highest BCUT2D eigenvalue weighted by atomic mass is 19.1. The van der Waals surface area contributed by atoms with Crippen molar-refractivity contribution in [3.8, 4) is 5.75 Å². The fraction of sp³-hybridized carbons (Fsp3) is 0.167. The molecule has 2 amide bonds. The van der Waals surface area contributed by atoms with Gasteiger partial charge in [0.15, 0.2) is 6.54 Å². The molecule has 0 heterocycles. The van der Waals surface area contributed by atoms with Crippen LogP contribution in [0.4, 0.5) is 15.8 Å². The molecule has 0 aliphatic carbocycles. The Bertz CT molecular complexity index is 1050. The molecule has 0 aromatic heterocycles. The van der Waals surface area contributed by atoms with E-state index in [0.717, 1.165) is 4.90 Å². The van der Waals surface area contributed by atoms with Crippen LogP contribution in [0.5, 0.6) is 5.75 Å². The number of hydrogen-bond donors (Lipinski definition) is 3. The summed E-state index contributed by atoms with van der Waals surface area (Å²) in [7, 11) is 3.37. The van der Waals surface area contributed by atoms with Gasteiger partial charge in [0.1, 0.15) is 18.1 Å². The van der Waals surface area contributed by atoms with Crippen LogP contribution >= 0.6 is 0 Å². The van der Waals surface area contributed by atoms with E-state index < -0.39 is 0 Å². The topological polar surface area (TPSA) is 71.9 Å². The number of halogens is 1. The Morgan fingerprint density at radius 2 is 1.61 bits per heavy atom. The third-order valence-corrected chi connectivity index (χ3v) is 4.70. The van der Waals surface area contributed by atoms with Crippen LogP contribution in [0.1, 0.15) is 15.9 Å². The van der Waals surface area contributed by atoms with E-state index in [9.17, 15) is 14.0 Å². The number of likely N-dealkylation sites (N-methyl/N-ethyl adjacent to an activating group) is 1. The highest BCUT2D eigenvalue weighted by molar-refractivity contribution is 6.05. The highest BCUT2D eigenvalue weighted by Crippen LogP contribution is 2.23. The fourth-order valence-corrected chi connectivity index (χ4v) is 3.16. The van der Waals surface area contributed by atoms with Gasteiger partial charge in [-0.3, -0.25) is 9.59 Å². The minimum absolute atomic E-state index is 0.185. The third kappa shape index (κ3) is 6.13. The van der Waals surface area contributed by atoms with Crippen molar-refractivity contribution in [2.45, 2.75) is 6.54 Å². The molecule has 0 saturated carbocycles. The van der Waals surface area contributed by atoms with Gasteiger partial charge in [-0.05, 0) is 42.5 Å². The number of ether oxygens (including phenoxy) is 1. The molecule has 0 spiro atoms. The molecule has 3 aromatic carbocycles. The van der Waals surface area contributed by atoms with Crippen LogP contribution in [0.3, 0.4) is 0 Å². The summed E-state index contributed by atoms with van der Waals surface area (Å²) >= 11 is 0. The van der Waals surface area contributed by atoms with E-state index in [1.54, 1.807) is 54.6 Å². The Kier molecular flexibility index (Phi) is 7.35. The van der Waals surface area contributed by atoms with E-state index in [4.69, 9.17) is 4.74 Å². The molecular weight excluding hydrogens is 397 g/mol. The molecule has 3 rings (SSSR count). The second kappa shape index (κ2) is 10.4. The molecule has 0 aliphatic rings. The molecule has 1 atom stereocenters. The number of anilines is 2. The SMILES string of the molecule is COc1ccccc1NC(=O)c1ccc(NC(=O)C[NH+](C)Cc2ccccc2F)cc1. The first-order valence-corrected chi connectivity index (χ1v) is 9.85. The standard InChI is InChI=1S/C24H24FN3O3/c1-28(15-18-7-3-4-8-20(18)25)16-23(29)26-19-13-11-17(12-14-19)24(30)27-21-9-5-6-10-22(21)31-2/h3-14H,15-16H2,1-2H3,(H,26,29)(H,27,30)/p+1. The first kappa shape index (κ1) is 22.0. The number of hydrogen-bond acceptors (Lipinski definition) is 3. The Labute approximate surface area is 180 Å². The van der Waals surface area contributed by atoms with Gasteiger partial charge in [0.05, 0.1) is 19.8 Å². The molecule has 31 heavy (non-hydrogen) atoms. The summed E-state index contributed by atoms with van der Waals surface area (Å²) in [6, 6.07) is 20.3. The van der Waals surface area contributed by atoms with Crippen molar-refractivity contribution in [3.05, 3.63) is 89.7 Å². The lowest BCUT2D eigenvalue weighted by molar-refractivity contribution is -0.885. The van der Waals surface area contributed by atoms with E-state index in [1.807, 2.05) is 19.2 Å². The molecule has 3 N–H and O–H groups in total. The third-order valence-electron chi connectivity index (χ3n) is 4.70. The van der Waals surface area contributed by atoms with Crippen molar-refractivity contribution in [1.29, 1.82) is 0 Å². The predicted molar refractivity (Wildman–Crippen MR) is 118 cm³/mol. The summed E-state index contributed by atoms with van der Waals surface area (Å²) in [6.45, 7) is 0.590. The second-order valence-corrected chi connectivity index (χ2v) is 7.18. The van der Waals surface area contributed by atoms with E-state index in [2.05, 4.69) is 10.6 Å². The summed E-state index contributed by atoms with van der Waals surface area (Å²) < 4.78 is 19.0. The van der Waals surface area contributed by atoms with Gasteiger partial charge in [-0.15, -0.1) is 0 Å². The van der Waals surface area contributed by atoms with Crippen molar-refractivity contribution >= 4 is 23.2 Å². The largest absolute Gasteiger partial charge is 0.495 e. The van der Waals surface area contributed by atoms with E-state index in [1.165, 1.54) is 13.2 Å². The van der Waals surface area contributed by atoms with E-state index in [-0.39, 0.29) is 24.2 Å². The molecule has 1 unspecified atom stereocenters. The Morgan fingerprint density at radius 3 is 2.32 bits per heavy atom. The lowest BCUT2D eigenvalue weighted by atomic mass is 10.2. The minimum atomic E-state index is -0.281. The Balaban J connectivity index is 1.54. The van der Waals surface area contributed by atoms with Gasteiger partial charge in [-0.1, -0.05) is 30.3 Å². The molecular formula is C24H25FN3O3+. The van der Waals surface area contributed by atoms with Crippen LogP contribution in [-0.2, 0) is 11.3 Å². The van der Waals surface area contributed by atoms with Crippen LogP contribution in [0, 0.1) is 5.82 Å². The summed E-state index contributed by atoms with van der Waals surface area (Å²) in [5, 5.41) is 5.61. The van der Waals surface area contributed by atoms with Gasteiger partial charge in [0.25, 0.3) is 11.8 Å². The van der Waals surface area contributed by atoms with Crippen molar-refractivity contribution in [3.63, 3.8) is 0 Å². The zero-order chi connectivity index (χ0) is 22.2. The first-order chi connectivity index (χ1) is 15.0. The van der Waals surface area contributed by atoms with E-state index >= 15 is 0 Å². The number of amides is 2. The maximum atomic E-state index is 13.8. The maximum Gasteiger partial charge on any atom is 0.279 e. The second-order valence-electron chi connectivity index (χ2n) is 7.18. The molecule has 6 nitrogen and oxygen atoms in total. The van der Waals surface area contributed by atoms with Crippen molar-refractivity contribution < 1.29 is 23.6 Å². The minimum Gasteiger partial charge on any atom is -0.495 e. The number of methoxy groups -OCH3 is 1. The van der Waals surface area contributed by atoms with Crippen molar-refractivity contribution in [1.82, 2.24) is 0 Å². The Morgan fingerprint density at radius 1 is 0.935 bits per heavy atom. The summed E-state index contributed by atoms with van der Waals surface area (Å²) in [5.41, 5.74) is 2.18. The van der Waals surface area contributed by atoms with Gasteiger partial charge in [-0.25, -0.2) is 4.39 Å². The number of carbonyl (C=O) groups excluding carboxylic acids is 2. The number of benzene rings is 3. The molecule has 7 heteroatoms. The first-order valence-electron chi connectivity index (χ1n) is 9.85. The normalized spacial score (nSPS) is 11.5. The summed E-state index contributed by atoms with van der Waals surface area (Å²) in [4.78, 5) is 25.6. The number of carbonyl (C=O) groups is 2. The molecule has 160 valence electrons. The molecule has 0 bridgehead atoms. The van der Waals surface area contributed by atoms with Crippen molar-refractivity contribution in [2.24, 2.45) is 0 Å². The van der Waals surface area contributed by atoms with Crippen LogP contribution in [0.15, 0.2) is 72.8 Å². The fourth-order valence-electron chi connectivity index (χ4n) is 3.16.